The third kappa shape index (κ3) is 3.42. The van der Waals surface area contributed by atoms with E-state index in [4.69, 9.17) is 5.73 Å². The molecule has 2 rings (SSSR count). The summed E-state index contributed by atoms with van der Waals surface area (Å²) in [6.45, 7) is 0. The van der Waals surface area contributed by atoms with Crippen molar-refractivity contribution in [2.24, 2.45) is 5.73 Å². The maximum absolute atomic E-state index is 10.2. The molecule has 0 saturated heterocycles. The molecule has 2 aromatic rings. The van der Waals surface area contributed by atoms with Gasteiger partial charge in [0.1, 0.15) is 0 Å². The molecule has 3 heteroatoms. The van der Waals surface area contributed by atoms with E-state index in [0.717, 1.165) is 15.6 Å². The van der Waals surface area contributed by atoms with E-state index in [9.17, 15) is 5.11 Å². The van der Waals surface area contributed by atoms with E-state index >= 15 is 0 Å². The van der Waals surface area contributed by atoms with Gasteiger partial charge in [-0.15, -0.1) is 0 Å². The third-order valence-electron chi connectivity index (χ3n) is 2.91. The Kier molecular flexibility index (Phi) is 4.53. The number of aliphatic hydroxyl groups is 1. The number of hydrogen-bond acceptors (Lipinski definition) is 2. The Balaban J connectivity index is 2.07. The van der Waals surface area contributed by atoms with Gasteiger partial charge in [0.05, 0.1) is 6.10 Å². The van der Waals surface area contributed by atoms with Crippen molar-refractivity contribution in [2.75, 3.05) is 0 Å². The molecule has 2 unspecified atom stereocenters. The fourth-order valence-corrected chi connectivity index (χ4v) is 2.35. The van der Waals surface area contributed by atoms with Crippen LogP contribution in [0.4, 0.5) is 0 Å². The van der Waals surface area contributed by atoms with Crippen molar-refractivity contribution in [3.63, 3.8) is 0 Å². The topological polar surface area (TPSA) is 46.2 Å². The Morgan fingerprint density at radius 3 is 2.44 bits per heavy atom. The van der Waals surface area contributed by atoms with Gasteiger partial charge in [-0.1, -0.05) is 58.4 Å². The Morgan fingerprint density at radius 1 is 1.06 bits per heavy atom. The predicted octanol–water partition coefficient (Wildman–Crippen LogP) is 3.05. The van der Waals surface area contributed by atoms with Crippen LogP contribution in [0.2, 0.25) is 0 Å². The van der Waals surface area contributed by atoms with Gasteiger partial charge in [0.2, 0.25) is 0 Å². The molecule has 0 heterocycles. The first kappa shape index (κ1) is 13.3. The number of hydrogen-bond donors (Lipinski definition) is 2. The number of halogens is 1. The zero-order valence-electron chi connectivity index (χ0n) is 9.96. The highest BCUT2D eigenvalue weighted by Gasteiger charge is 2.17. The number of rotatable bonds is 4. The highest BCUT2D eigenvalue weighted by molar-refractivity contribution is 9.10. The lowest BCUT2D eigenvalue weighted by atomic mass is 9.97. The van der Waals surface area contributed by atoms with Crippen LogP contribution in [0.1, 0.15) is 17.2 Å². The minimum Gasteiger partial charge on any atom is -0.387 e. The van der Waals surface area contributed by atoms with Crippen molar-refractivity contribution in [1.29, 1.82) is 0 Å². The van der Waals surface area contributed by atoms with Gasteiger partial charge in [-0.05, 0) is 29.7 Å². The lowest BCUT2D eigenvalue weighted by Crippen LogP contribution is -2.30. The zero-order chi connectivity index (χ0) is 13.0. The van der Waals surface area contributed by atoms with Gasteiger partial charge >= 0.3 is 0 Å². The summed E-state index contributed by atoms with van der Waals surface area (Å²) in [4.78, 5) is 0. The zero-order valence-corrected chi connectivity index (χ0v) is 11.5. The number of benzene rings is 2. The monoisotopic (exact) mass is 305 g/mol. The molecule has 2 nitrogen and oxygen atoms in total. The normalized spacial score (nSPS) is 14.2. The van der Waals surface area contributed by atoms with Crippen LogP contribution >= 0.6 is 15.9 Å². The van der Waals surface area contributed by atoms with Crippen LogP contribution in [0.15, 0.2) is 59.1 Å². The summed E-state index contributed by atoms with van der Waals surface area (Å²) < 4.78 is 0.950. The van der Waals surface area contributed by atoms with E-state index in [1.807, 2.05) is 54.6 Å². The molecule has 0 aliphatic carbocycles. The molecule has 2 aromatic carbocycles. The summed E-state index contributed by atoms with van der Waals surface area (Å²) in [6, 6.07) is 17.3. The van der Waals surface area contributed by atoms with Crippen LogP contribution in [0.3, 0.4) is 0 Å². The van der Waals surface area contributed by atoms with E-state index in [-0.39, 0.29) is 6.04 Å². The second-order valence-corrected chi connectivity index (χ2v) is 5.27. The van der Waals surface area contributed by atoms with Crippen molar-refractivity contribution in [3.8, 4) is 0 Å². The first-order valence-corrected chi connectivity index (χ1v) is 6.69. The van der Waals surface area contributed by atoms with E-state index in [1.165, 1.54) is 0 Å². The molecular weight excluding hydrogens is 290 g/mol. The molecule has 2 atom stereocenters. The standard InChI is InChI=1S/C15H16BrNO/c16-13-8-4-7-12(10-13)15(18)14(17)9-11-5-2-1-3-6-11/h1-8,10,14-15,18H,9,17H2. The van der Waals surface area contributed by atoms with Gasteiger partial charge in [-0.3, -0.25) is 0 Å². The minimum absolute atomic E-state index is 0.304. The summed E-state index contributed by atoms with van der Waals surface area (Å²) in [5.41, 5.74) is 8.04. The molecule has 0 amide bonds. The summed E-state index contributed by atoms with van der Waals surface area (Å²) in [5.74, 6) is 0. The SMILES string of the molecule is NC(Cc1ccccc1)C(O)c1cccc(Br)c1. The van der Waals surface area contributed by atoms with Crippen LogP contribution in [-0.2, 0) is 6.42 Å². The smallest absolute Gasteiger partial charge is 0.0944 e. The second kappa shape index (κ2) is 6.14. The summed E-state index contributed by atoms with van der Waals surface area (Å²) in [6.07, 6.45) is 0.0110. The molecule has 18 heavy (non-hydrogen) atoms. The average Bonchev–Trinajstić information content (AvgIpc) is 2.39. The van der Waals surface area contributed by atoms with E-state index in [0.29, 0.717) is 6.42 Å². The molecule has 0 aromatic heterocycles. The Bertz CT molecular complexity index is 501. The van der Waals surface area contributed by atoms with Crippen molar-refractivity contribution >= 4 is 15.9 Å². The molecule has 3 N–H and O–H groups in total. The highest BCUT2D eigenvalue weighted by atomic mass is 79.9. The molecule has 0 fully saturated rings. The molecule has 94 valence electrons. The first-order chi connectivity index (χ1) is 8.66. The van der Waals surface area contributed by atoms with Crippen molar-refractivity contribution in [1.82, 2.24) is 0 Å². The van der Waals surface area contributed by atoms with Crippen LogP contribution in [0, 0.1) is 0 Å². The maximum Gasteiger partial charge on any atom is 0.0944 e. The van der Waals surface area contributed by atoms with Crippen molar-refractivity contribution in [2.45, 2.75) is 18.6 Å². The number of aliphatic hydroxyl groups excluding tert-OH is 1. The van der Waals surface area contributed by atoms with Crippen LogP contribution in [0.25, 0.3) is 0 Å². The molecule has 0 aliphatic rings. The molecule has 0 saturated carbocycles. The van der Waals surface area contributed by atoms with Gasteiger partial charge in [0.15, 0.2) is 0 Å². The fraction of sp³-hybridized carbons (Fsp3) is 0.200. The molecular formula is C15H16BrNO. The minimum atomic E-state index is -0.650. The summed E-state index contributed by atoms with van der Waals surface area (Å²) in [7, 11) is 0. The molecule has 0 bridgehead atoms. The van der Waals surface area contributed by atoms with Crippen LogP contribution < -0.4 is 5.73 Å². The van der Waals surface area contributed by atoms with Crippen molar-refractivity contribution in [3.05, 3.63) is 70.2 Å². The van der Waals surface area contributed by atoms with Gasteiger partial charge in [-0.25, -0.2) is 0 Å². The predicted molar refractivity (Wildman–Crippen MR) is 77.2 cm³/mol. The Morgan fingerprint density at radius 2 is 1.78 bits per heavy atom. The fourth-order valence-electron chi connectivity index (χ4n) is 1.94. The van der Waals surface area contributed by atoms with Gasteiger partial charge in [-0.2, -0.15) is 0 Å². The van der Waals surface area contributed by atoms with Crippen LogP contribution in [-0.4, -0.2) is 11.1 Å². The average molecular weight is 306 g/mol. The molecule has 0 radical (unpaired) electrons. The second-order valence-electron chi connectivity index (χ2n) is 4.35. The lowest BCUT2D eigenvalue weighted by molar-refractivity contribution is 0.146. The van der Waals surface area contributed by atoms with Gasteiger partial charge in [0, 0.05) is 10.5 Å². The molecule has 0 aliphatic heterocycles. The lowest BCUT2D eigenvalue weighted by Gasteiger charge is -2.19. The highest BCUT2D eigenvalue weighted by Crippen LogP contribution is 2.21. The van der Waals surface area contributed by atoms with E-state index in [1.54, 1.807) is 0 Å². The van der Waals surface area contributed by atoms with E-state index in [2.05, 4.69) is 15.9 Å². The van der Waals surface area contributed by atoms with Gasteiger partial charge in [0.25, 0.3) is 0 Å². The van der Waals surface area contributed by atoms with Gasteiger partial charge < -0.3 is 10.8 Å². The Hall–Kier alpha value is -1.16. The first-order valence-electron chi connectivity index (χ1n) is 5.90. The quantitative estimate of drug-likeness (QED) is 0.912. The van der Waals surface area contributed by atoms with Crippen molar-refractivity contribution < 1.29 is 5.11 Å². The summed E-state index contributed by atoms with van der Waals surface area (Å²) >= 11 is 3.39. The van der Waals surface area contributed by atoms with E-state index < -0.39 is 6.10 Å². The Labute approximate surface area is 116 Å². The van der Waals surface area contributed by atoms with Crippen LogP contribution in [0.5, 0.6) is 0 Å². The maximum atomic E-state index is 10.2. The number of nitrogens with two attached hydrogens (primary N) is 1. The third-order valence-corrected chi connectivity index (χ3v) is 3.40. The molecule has 0 spiro atoms. The largest absolute Gasteiger partial charge is 0.387 e. The summed E-state index contributed by atoms with van der Waals surface area (Å²) in [5, 5.41) is 10.2.